The molecule has 1 atom stereocenters. The zero-order valence-electron chi connectivity index (χ0n) is 18.9. The van der Waals surface area contributed by atoms with Gasteiger partial charge in [0.05, 0.1) is 32.8 Å². The molecule has 0 aliphatic rings. The van der Waals surface area contributed by atoms with Gasteiger partial charge in [-0.3, -0.25) is 4.79 Å². The maximum atomic E-state index is 12.5. The van der Waals surface area contributed by atoms with Crippen molar-refractivity contribution < 1.29 is 23.7 Å². The predicted octanol–water partition coefficient (Wildman–Crippen LogP) is 2.87. The second-order valence-corrected chi connectivity index (χ2v) is 7.24. The van der Waals surface area contributed by atoms with Crippen LogP contribution in [-0.4, -0.2) is 48.6 Å². The van der Waals surface area contributed by atoms with Gasteiger partial charge in [-0.25, -0.2) is 9.67 Å². The molecule has 2 heterocycles. The first-order valence-electron chi connectivity index (χ1n) is 9.82. The number of methoxy groups -OCH3 is 3. The molecule has 1 amide bonds. The quantitative estimate of drug-likeness (QED) is 0.589. The first-order chi connectivity index (χ1) is 14.8. The van der Waals surface area contributed by atoms with Crippen molar-refractivity contribution in [2.24, 2.45) is 7.05 Å². The lowest BCUT2D eigenvalue weighted by atomic mass is 10.1. The number of nitrogens with zero attached hydrogens (tertiary/aromatic N) is 3. The lowest BCUT2D eigenvalue weighted by Gasteiger charge is -2.18. The highest BCUT2D eigenvalue weighted by atomic mass is 16.5. The van der Waals surface area contributed by atoms with Gasteiger partial charge in [0.25, 0.3) is 5.91 Å². The van der Waals surface area contributed by atoms with E-state index in [1.807, 2.05) is 26.8 Å². The highest BCUT2D eigenvalue weighted by Crippen LogP contribution is 2.39. The molecule has 1 N–H and O–H groups in total. The number of aromatic nitrogens is 3. The van der Waals surface area contributed by atoms with Gasteiger partial charge in [0.1, 0.15) is 0 Å². The fraction of sp³-hybridized carbons (Fsp3) is 0.409. The molecule has 3 aromatic rings. The van der Waals surface area contributed by atoms with Crippen LogP contribution in [0, 0.1) is 13.8 Å². The molecule has 1 aromatic carbocycles. The summed E-state index contributed by atoms with van der Waals surface area (Å²) in [5.41, 5.74) is 3.42. The average molecular weight is 428 g/mol. The molecule has 9 nitrogen and oxygen atoms in total. The minimum atomic E-state index is -0.309. The largest absolute Gasteiger partial charge is 0.493 e. The molecular formula is C22H28N4O5. The minimum absolute atomic E-state index is 0.172. The Morgan fingerprint density at radius 2 is 1.74 bits per heavy atom. The Morgan fingerprint density at radius 3 is 2.32 bits per heavy atom. The van der Waals surface area contributed by atoms with Crippen LogP contribution < -0.4 is 24.3 Å². The van der Waals surface area contributed by atoms with E-state index in [0.717, 1.165) is 27.9 Å². The number of ether oxygens (including phenoxy) is 4. The third-order valence-electron chi connectivity index (χ3n) is 4.99. The first-order valence-corrected chi connectivity index (χ1v) is 9.82. The highest BCUT2D eigenvalue weighted by Gasteiger charge is 2.19. The van der Waals surface area contributed by atoms with Gasteiger partial charge >= 0.3 is 0 Å². The molecule has 0 bridgehead atoms. The lowest BCUT2D eigenvalue weighted by Crippen LogP contribution is -2.31. The van der Waals surface area contributed by atoms with Crippen molar-refractivity contribution in [2.45, 2.75) is 26.8 Å². The third-order valence-corrected chi connectivity index (χ3v) is 4.99. The maximum absolute atomic E-state index is 12.5. The number of hydrogen-bond acceptors (Lipinski definition) is 7. The number of hydrogen-bond donors (Lipinski definition) is 1. The summed E-state index contributed by atoms with van der Waals surface area (Å²) >= 11 is 0. The van der Waals surface area contributed by atoms with E-state index in [9.17, 15) is 4.79 Å². The van der Waals surface area contributed by atoms with Gasteiger partial charge in [0, 0.05) is 12.7 Å². The van der Waals surface area contributed by atoms with Gasteiger partial charge in [-0.15, -0.1) is 5.10 Å². The van der Waals surface area contributed by atoms with Crippen LogP contribution in [0.3, 0.4) is 0 Å². The molecule has 0 saturated heterocycles. The number of benzene rings is 1. The molecule has 0 saturated carbocycles. The van der Waals surface area contributed by atoms with E-state index < -0.39 is 0 Å². The molecule has 9 heteroatoms. The number of amides is 1. The monoisotopic (exact) mass is 428 g/mol. The summed E-state index contributed by atoms with van der Waals surface area (Å²) in [4.78, 5) is 17.0. The molecule has 166 valence electrons. The lowest BCUT2D eigenvalue weighted by molar-refractivity contribution is -0.123. The van der Waals surface area contributed by atoms with Gasteiger partial charge < -0.3 is 24.3 Å². The molecule has 31 heavy (non-hydrogen) atoms. The van der Waals surface area contributed by atoms with Crippen molar-refractivity contribution in [2.75, 3.05) is 27.9 Å². The number of nitrogens with one attached hydrogen (secondary N) is 1. The Balaban J connectivity index is 1.73. The summed E-state index contributed by atoms with van der Waals surface area (Å²) in [6.07, 6.45) is 0. The Bertz CT molecular complexity index is 1080. The summed E-state index contributed by atoms with van der Waals surface area (Å²) < 4.78 is 23.5. The van der Waals surface area contributed by atoms with E-state index in [2.05, 4.69) is 15.4 Å². The summed E-state index contributed by atoms with van der Waals surface area (Å²) in [7, 11) is 6.44. The molecule has 0 spiro atoms. The minimum Gasteiger partial charge on any atom is -0.493 e. The number of fused-ring (bicyclic) bond motifs is 1. The van der Waals surface area contributed by atoms with E-state index >= 15 is 0 Å². The molecule has 3 rings (SSSR count). The van der Waals surface area contributed by atoms with E-state index in [-0.39, 0.29) is 18.6 Å². The van der Waals surface area contributed by atoms with Crippen molar-refractivity contribution in [1.82, 2.24) is 20.1 Å². The van der Waals surface area contributed by atoms with Gasteiger partial charge in [0.15, 0.2) is 23.8 Å². The number of carbonyl (C=O) groups excluding carboxylic acids is 1. The molecule has 0 fully saturated rings. The molecular weight excluding hydrogens is 400 g/mol. The zero-order chi connectivity index (χ0) is 22.7. The fourth-order valence-electron chi connectivity index (χ4n) is 3.50. The van der Waals surface area contributed by atoms with Crippen molar-refractivity contribution in [3.63, 3.8) is 0 Å². The van der Waals surface area contributed by atoms with Gasteiger partial charge in [-0.2, -0.15) is 0 Å². The Labute approximate surface area is 181 Å². The Morgan fingerprint density at radius 1 is 1.10 bits per heavy atom. The van der Waals surface area contributed by atoms with Crippen molar-refractivity contribution in [1.29, 1.82) is 0 Å². The number of pyridine rings is 1. The zero-order valence-corrected chi connectivity index (χ0v) is 18.9. The maximum Gasteiger partial charge on any atom is 0.258 e. The van der Waals surface area contributed by atoms with E-state index in [4.69, 9.17) is 18.9 Å². The van der Waals surface area contributed by atoms with Gasteiger partial charge in [0.2, 0.25) is 11.6 Å². The van der Waals surface area contributed by atoms with E-state index in [0.29, 0.717) is 23.1 Å². The number of rotatable bonds is 8. The average Bonchev–Trinajstić information content (AvgIpc) is 3.06. The van der Waals surface area contributed by atoms with Crippen LogP contribution in [0.15, 0.2) is 18.2 Å². The standard InChI is InChI=1S/C22H28N4O5/c1-12-8-13(2)23-21-19(12)22(25-26(21)4)31-11-18(27)24-14(3)15-9-16(28-5)20(30-7)17(10-15)29-6/h8-10,14H,11H2,1-7H3,(H,24,27). The van der Waals surface area contributed by atoms with Gasteiger partial charge in [-0.1, -0.05) is 0 Å². The Hall–Kier alpha value is -3.49. The molecule has 0 radical (unpaired) electrons. The van der Waals surface area contributed by atoms with Crippen LogP contribution in [-0.2, 0) is 11.8 Å². The second-order valence-electron chi connectivity index (χ2n) is 7.24. The van der Waals surface area contributed by atoms with E-state index in [1.165, 1.54) is 0 Å². The highest BCUT2D eigenvalue weighted by molar-refractivity contribution is 5.85. The summed E-state index contributed by atoms with van der Waals surface area (Å²) in [5, 5.41) is 8.09. The molecule has 2 aromatic heterocycles. The normalized spacial score (nSPS) is 11.8. The van der Waals surface area contributed by atoms with Crippen LogP contribution in [0.1, 0.15) is 29.8 Å². The van der Waals surface area contributed by atoms with Gasteiger partial charge in [-0.05, 0) is 50.1 Å². The predicted molar refractivity (Wildman–Crippen MR) is 116 cm³/mol. The fourth-order valence-corrected chi connectivity index (χ4v) is 3.50. The van der Waals surface area contributed by atoms with Crippen molar-refractivity contribution in [3.05, 3.63) is 35.0 Å². The SMILES string of the molecule is COc1cc(C(C)NC(=O)COc2nn(C)c3nc(C)cc(C)c23)cc(OC)c1OC. The summed E-state index contributed by atoms with van der Waals surface area (Å²) in [5.74, 6) is 1.65. The molecule has 0 aliphatic heterocycles. The smallest absolute Gasteiger partial charge is 0.258 e. The van der Waals surface area contributed by atoms with E-state index in [1.54, 1.807) is 45.2 Å². The van der Waals surface area contributed by atoms with Crippen LogP contribution in [0.25, 0.3) is 11.0 Å². The first kappa shape index (κ1) is 22.2. The number of aryl methyl sites for hydroxylation is 3. The summed E-state index contributed by atoms with van der Waals surface area (Å²) in [6, 6.07) is 5.26. The second kappa shape index (κ2) is 9.11. The number of carbonyl (C=O) groups is 1. The Kier molecular flexibility index (Phi) is 6.53. The topological polar surface area (TPSA) is 96.7 Å². The third kappa shape index (κ3) is 4.50. The molecule has 0 aliphatic carbocycles. The van der Waals surface area contributed by atoms with Crippen LogP contribution in [0.4, 0.5) is 0 Å². The van der Waals surface area contributed by atoms with Crippen LogP contribution in [0.2, 0.25) is 0 Å². The van der Waals surface area contributed by atoms with Crippen molar-refractivity contribution >= 4 is 16.9 Å². The van der Waals surface area contributed by atoms with Crippen LogP contribution in [0.5, 0.6) is 23.1 Å². The van der Waals surface area contributed by atoms with Crippen molar-refractivity contribution in [3.8, 4) is 23.1 Å². The molecule has 1 unspecified atom stereocenters. The summed E-state index contributed by atoms with van der Waals surface area (Å²) in [6.45, 7) is 5.59. The van der Waals surface area contributed by atoms with Crippen LogP contribution >= 0.6 is 0 Å².